The number of hydrogen-bond acceptors (Lipinski definition) is 3. The Labute approximate surface area is 114 Å². The fraction of sp³-hybridized carbons (Fsp3) is 0.538. The highest BCUT2D eigenvalue weighted by molar-refractivity contribution is 9.10. The predicted molar refractivity (Wildman–Crippen MR) is 70.9 cm³/mol. The highest BCUT2D eigenvalue weighted by atomic mass is 79.9. The predicted octanol–water partition coefficient (Wildman–Crippen LogP) is 2.39. The SMILES string of the molecule is OCC(NCC1CCCO1)c1cc(F)ccc1Br. The van der Waals surface area contributed by atoms with Gasteiger partial charge in [0.1, 0.15) is 5.82 Å². The average molecular weight is 318 g/mol. The van der Waals surface area contributed by atoms with Crippen LogP contribution in [0.2, 0.25) is 0 Å². The number of hydrogen-bond donors (Lipinski definition) is 2. The van der Waals surface area contributed by atoms with Crippen LogP contribution < -0.4 is 5.32 Å². The molecule has 1 saturated heterocycles. The molecule has 0 aromatic heterocycles. The molecular formula is C13H17BrFNO2. The first-order valence-electron chi connectivity index (χ1n) is 6.11. The number of benzene rings is 1. The van der Waals surface area contributed by atoms with E-state index < -0.39 is 0 Å². The number of ether oxygens (including phenoxy) is 1. The van der Waals surface area contributed by atoms with E-state index in [1.165, 1.54) is 12.1 Å². The smallest absolute Gasteiger partial charge is 0.123 e. The first-order valence-corrected chi connectivity index (χ1v) is 6.91. The number of aliphatic hydroxyl groups is 1. The third-order valence-corrected chi connectivity index (χ3v) is 3.85. The van der Waals surface area contributed by atoms with Crippen molar-refractivity contribution in [3.05, 3.63) is 34.1 Å². The van der Waals surface area contributed by atoms with E-state index in [0.29, 0.717) is 6.54 Å². The maximum Gasteiger partial charge on any atom is 0.123 e. The van der Waals surface area contributed by atoms with Crippen LogP contribution >= 0.6 is 15.9 Å². The molecule has 0 saturated carbocycles. The second kappa shape index (κ2) is 6.61. The Kier molecular flexibility index (Phi) is 5.12. The standard InChI is InChI=1S/C13H17BrFNO2/c14-12-4-3-9(15)6-11(12)13(8-17)16-7-10-2-1-5-18-10/h3-4,6,10,13,16-17H,1-2,5,7-8H2. The number of halogens is 2. The lowest BCUT2D eigenvalue weighted by Gasteiger charge is -2.20. The second-order valence-electron chi connectivity index (χ2n) is 4.44. The summed E-state index contributed by atoms with van der Waals surface area (Å²) in [6.07, 6.45) is 2.32. The zero-order valence-electron chi connectivity index (χ0n) is 10.0. The van der Waals surface area contributed by atoms with Crippen LogP contribution in [0.25, 0.3) is 0 Å². The third kappa shape index (κ3) is 3.51. The molecule has 0 amide bonds. The van der Waals surface area contributed by atoms with Crippen LogP contribution in [0.1, 0.15) is 24.4 Å². The second-order valence-corrected chi connectivity index (χ2v) is 5.30. The lowest BCUT2D eigenvalue weighted by molar-refractivity contribution is 0.104. The molecule has 1 aromatic carbocycles. The van der Waals surface area contributed by atoms with E-state index in [9.17, 15) is 9.50 Å². The maximum absolute atomic E-state index is 13.2. The topological polar surface area (TPSA) is 41.5 Å². The van der Waals surface area contributed by atoms with Crippen LogP contribution in [0.5, 0.6) is 0 Å². The van der Waals surface area contributed by atoms with Gasteiger partial charge in [0, 0.05) is 17.6 Å². The van der Waals surface area contributed by atoms with Gasteiger partial charge in [-0.15, -0.1) is 0 Å². The van der Waals surface area contributed by atoms with Crippen molar-refractivity contribution in [1.82, 2.24) is 5.32 Å². The molecule has 1 aliphatic rings. The maximum atomic E-state index is 13.2. The van der Waals surface area contributed by atoms with Crippen molar-refractivity contribution >= 4 is 15.9 Å². The Morgan fingerprint density at radius 3 is 3.06 bits per heavy atom. The van der Waals surface area contributed by atoms with Crippen LogP contribution in [0.4, 0.5) is 4.39 Å². The highest BCUT2D eigenvalue weighted by Gasteiger charge is 2.19. The number of nitrogens with one attached hydrogen (secondary N) is 1. The molecular weight excluding hydrogens is 301 g/mol. The van der Waals surface area contributed by atoms with E-state index in [0.717, 1.165) is 29.5 Å². The van der Waals surface area contributed by atoms with E-state index in [2.05, 4.69) is 21.2 Å². The summed E-state index contributed by atoms with van der Waals surface area (Å²) in [5.74, 6) is -0.300. The van der Waals surface area contributed by atoms with Crippen molar-refractivity contribution in [1.29, 1.82) is 0 Å². The Bertz CT molecular complexity index is 397. The normalized spacial score (nSPS) is 21.2. The lowest BCUT2D eigenvalue weighted by Crippen LogP contribution is -2.32. The molecule has 100 valence electrons. The monoisotopic (exact) mass is 317 g/mol. The van der Waals surface area contributed by atoms with E-state index in [1.807, 2.05) is 0 Å². The first kappa shape index (κ1) is 13.9. The van der Waals surface area contributed by atoms with Gasteiger partial charge < -0.3 is 15.2 Å². The molecule has 1 aromatic rings. The van der Waals surface area contributed by atoms with Crippen LogP contribution in [0.15, 0.2) is 22.7 Å². The first-order chi connectivity index (χ1) is 8.70. The lowest BCUT2D eigenvalue weighted by atomic mass is 10.1. The van der Waals surface area contributed by atoms with Gasteiger partial charge in [-0.25, -0.2) is 4.39 Å². The van der Waals surface area contributed by atoms with E-state index in [-0.39, 0.29) is 24.6 Å². The molecule has 2 atom stereocenters. The summed E-state index contributed by atoms with van der Waals surface area (Å²) in [4.78, 5) is 0. The van der Waals surface area contributed by atoms with Crippen molar-refractivity contribution < 1.29 is 14.2 Å². The zero-order valence-corrected chi connectivity index (χ0v) is 11.6. The molecule has 5 heteroatoms. The third-order valence-electron chi connectivity index (χ3n) is 3.13. The molecule has 1 fully saturated rings. The summed E-state index contributed by atoms with van der Waals surface area (Å²) < 4.78 is 19.5. The van der Waals surface area contributed by atoms with Crippen LogP contribution in [0, 0.1) is 5.82 Å². The molecule has 1 heterocycles. The number of rotatable bonds is 5. The van der Waals surface area contributed by atoms with E-state index in [4.69, 9.17) is 4.74 Å². The van der Waals surface area contributed by atoms with E-state index >= 15 is 0 Å². The minimum Gasteiger partial charge on any atom is -0.394 e. The molecule has 0 radical (unpaired) electrons. The Hall–Kier alpha value is -0.490. The summed E-state index contributed by atoms with van der Waals surface area (Å²) in [6, 6.07) is 4.20. The van der Waals surface area contributed by atoms with Crippen molar-refractivity contribution in [2.24, 2.45) is 0 Å². The summed E-state index contributed by atoms with van der Waals surface area (Å²) in [5, 5.41) is 12.6. The van der Waals surface area contributed by atoms with Gasteiger partial charge in [-0.05, 0) is 36.6 Å². The quantitative estimate of drug-likeness (QED) is 0.876. The van der Waals surface area contributed by atoms with Crippen LogP contribution in [-0.4, -0.2) is 31.0 Å². The summed E-state index contributed by atoms with van der Waals surface area (Å²) in [7, 11) is 0. The summed E-state index contributed by atoms with van der Waals surface area (Å²) in [5.41, 5.74) is 0.732. The fourth-order valence-corrected chi connectivity index (χ4v) is 2.66. The number of aliphatic hydroxyl groups excluding tert-OH is 1. The van der Waals surface area contributed by atoms with Gasteiger partial charge in [-0.2, -0.15) is 0 Å². The van der Waals surface area contributed by atoms with Crippen molar-refractivity contribution in [3.63, 3.8) is 0 Å². The van der Waals surface area contributed by atoms with Crippen molar-refractivity contribution in [2.75, 3.05) is 19.8 Å². The molecule has 2 unspecified atom stereocenters. The summed E-state index contributed by atoms with van der Waals surface area (Å²) in [6.45, 7) is 1.41. The minimum atomic E-state index is -0.300. The molecule has 0 aliphatic carbocycles. The molecule has 0 bridgehead atoms. The minimum absolute atomic E-state index is 0.0746. The van der Waals surface area contributed by atoms with Gasteiger partial charge >= 0.3 is 0 Å². The van der Waals surface area contributed by atoms with Gasteiger partial charge in [0.2, 0.25) is 0 Å². The van der Waals surface area contributed by atoms with Crippen LogP contribution in [-0.2, 0) is 4.74 Å². The van der Waals surface area contributed by atoms with Crippen molar-refractivity contribution in [2.45, 2.75) is 25.0 Å². The molecule has 3 nitrogen and oxygen atoms in total. The van der Waals surface area contributed by atoms with Crippen LogP contribution in [0.3, 0.4) is 0 Å². The van der Waals surface area contributed by atoms with Gasteiger partial charge in [-0.3, -0.25) is 0 Å². The largest absolute Gasteiger partial charge is 0.394 e. The Morgan fingerprint density at radius 1 is 1.56 bits per heavy atom. The molecule has 0 spiro atoms. The van der Waals surface area contributed by atoms with E-state index in [1.54, 1.807) is 6.07 Å². The fourth-order valence-electron chi connectivity index (χ4n) is 2.13. The molecule has 18 heavy (non-hydrogen) atoms. The zero-order chi connectivity index (χ0) is 13.0. The average Bonchev–Trinajstić information content (AvgIpc) is 2.87. The highest BCUT2D eigenvalue weighted by Crippen LogP contribution is 2.24. The van der Waals surface area contributed by atoms with Gasteiger partial charge in [0.05, 0.1) is 18.8 Å². The summed E-state index contributed by atoms with van der Waals surface area (Å²) >= 11 is 3.38. The molecule has 1 aliphatic heterocycles. The van der Waals surface area contributed by atoms with Gasteiger partial charge in [0.15, 0.2) is 0 Å². The Balaban J connectivity index is 2.00. The molecule has 2 rings (SSSR count). The van der Waals surface area contributed by atoms with Gasteiger partial charge in [-0.1, -0.05) is 15.9 Å². The molecule has 2 N–H and O–H groups in total. The Morgan fingerprint density at radius 2 is 2.39 bits per heavy atom. The van der Waals surface area contributed by atoms with Gasteiger partial charge in [0.25, 0.3) is 0 Å². The van der Waals surface area contributed by atoms with Crippen molar-refractivity contribution in [3.8, 4) is 0 Å².